The van der Waals surface area contributed by atoms with Gasteiger partial charge in [-0.15, -0.1) is 0 Å². The van der Waals surface area contributed by atoms with Crippen LogP contribution in [0, 0.1) is 16.7 Å². The van der Waals surface area contributed by atoms with Crippen LogP contribution in [0.3, 0.4) is 0 Å². The summed E-state index contributed by atoms with van der Waals surface area (Å²) >= 11 is 0. The van der Waals surface area contributed by atoms with Crippen molar-refractivity contribution in [3.63, 3.8) is 0 Å². The van der Waals surface area contributed by atoms with Gasteiger partial charge >= 0.3 is 0 Å². The summed E-state index contributed by atoms with van der Waals surface area (Å²) in [6.07, 6.45) is 3.61. The van der Waals surface area contributed by atoms with Gasteiger partial charge in [0.15, 0.2) is 0 Å². The molecular weight excluding hydrogens is 328 g/mol. The number of likely N-dealkylation sites (tertiary alicyclic amines) is 1. The van der Waals surface area contributed by atoms with E-state index in [1.807, 2.05) is 18.2 Å². The molecule has 2 N–H and O–H groups in total. The molecule has 1 aromatic carbocycles. The molecule has 0 amide bonds. The van der Waals surface area contributed by atoms with Gasteiger partial charge in [0, 0.05) is 19.8 Å². The largest absolute Gasteiger partial charge is 0.392 e. The van der Waals surface area contributed by atoms with Crippen LogP contribution in [-0.4, -0.2) is 54.1 Å². The second-order valence-corrected chi connectivity index (χ2v) is 7.79. The second kappa shape index (κ2) is 8.96. The quantitative estimate of drug-likeness (QED) is 0.817. The van der Waals surface area contributed by atoms with E-state index in [1.165, 1.54) is 5.56 Å². The Morgan fingerprint density at radius 1 is 1.23 bits per heavy atom. The SMILES string of the molecule is N#CC1(CC(O)CN2CCC(c3ccccc3CO)CC2)CCOCC1. The highest BCUT2D eigenvalue weighted by atomic mass is 16.5. The molecule has 3 rings (SSSR count). The predicted molar refractivity (Wildman–Crippen MR) is 99.5 cm³/mol. The number of rotatable bonds is 6. The molecule has 0 spiro atoms. The van der Waals surface area contributed by atoms with E-state index in [4.69, 9.17) is 4.74 Å². The zero-order valence-electron chi connectivity index (χ0n) is 15.4. The Labute approximate surface area is 156 Å². The molecule has 2 aliphatic rings. The maximum Gasteiger partial charge on any atom is 0.0692 e. The van der Waals surface area contributed by atoms with E-state index >= 15 is 0 Å². The molecule has 0 saturated carbocycles. The summed E-state index contributed by atoms with van der Waals surface area (Å²) in [6, 6.07) is 10.6. The van der Waals surface area contributed by atoms with Crippen molar-refractivity contribution in [2.45, 2.75) is 50.7 Å². The number of ether oxygens (including phenoxy) is 1. The Morgan fingerprint density at radius 2 is 1.92 bits per heavy atom. The summed E-state index contributed by atoms with van der Waals surface area (Å²) in [5.41, 5.74) is 1.87. The molecule has 5 nitrogen and oxygen atoms in total. The van der Waals surface area contributed by atoms with Crippen LogP contribution in [0.25, 0.3) is 0 Å². The maximum atomic E-state index is 10.5. The molecule has 1 atom stereocenters. The Balaban J connectivity index is 1.50. The van der Waals surface area contributed by atoms with Crippen LogP contribution >= 0.6 is 0 Å². The highest BCUT2D eigenvalue weighted by Crippen LogP contribution is 2.35. The van der Waals surface area contributed by atoms with Gasteiger partial charge in [0.25, 0.3) is 0 Å². The van der Waals surface area contributed by atoms with Gasteiger partial charge in [-0.3, -0.25) is 0 Å². The molecule has 142 valence electrons. The maximum absolute atomic E-state index is 10.5. The average molecular weight is 358 g/mol. The smallest absolute Gasteiger partial charge is 0.0692 e. The van der Waals surface area contributed by atoms with Gasteiger partial charge in [0.1, 0.15) is 0 Å². The van der Waals surface area contributed by atoms with Crippen LogP contribution in [0.5, 0.6) is 0 Å². The lowest BCUT2D eigenvalue weighted by atomic mass is 9.77. The highest BCUT2D eigenvalue weighted by Gasteiger charge is 2.35. The molecule has 1 unspecified atom stereocenters. The lowest BCUT2D eigenvalue weighted by molar-refractivity contribution is 0.00429. The van der Waals surface area contributed by atoms with Gasteiger partial charge < -0.3 is 19.8 Å². The fraction of sp³-hybridized carbons (Fsp3) is 0.667. The van der Waals surface area contributed by atoms with Crippen molar-refractivity contribution in [3.8, 4) is 6.07 Å². The van der Waals surface area contributed by atoms with Crippen molar-refractivity contribution >= 4 is 0 Å². The molecule has 0 aliphatic carbocycles. The molecule has 5 heteroatoms. The number of piperidine rings is 1. The highest BCUT2D eigenvalue weighted by molar-refractivity contribution is 5.30. The van der Waals surface area contributed by atoms with Crippen LogP contribution in [0.2, 0.25) is 0 Å². The monoisotopic (exact) mass is 358 g/mol. The first kappa shape index (κ1) is 19.3. The van der Waals surface area contributed by atoms with Crippen molar-refractivity contribution in [3.05, 3.63) is 35.4 Å². The van der Waals surface area contributed by atoms with Crippen molar-refractivity contribution < 1.29 is 14.9 Å². The molecule has 2 aliphatic heterocycles. The fourth-order valence-corrected chi connectivity index (χ4v) is 4.44. The van der Waals surface area contributed by atoms with Gasteiger partial charge in [-0.2, -0.15) is 5.26 Å². The van der Waals surface area contributed by atoms with Gasteiger partial charge in [0.2, 0.25) is 0 Å². The minimum Gasteiger partial charge on any atom is -0.392 e. The summed E-state index contributed by atoms with van der Waals surface area (Å²) in [7, 11) is 0. The number of nitrogens with zero attached hydrogens (tertiary/aromatic N) is 2. The molecule has 1 aromatic rings. The molecule has 26 heavy (non-hydrogen) atoms. The predicted octanol–water partition coefficient (Wildman–Crippen LogP) is 2.43. The Hall–Kier alpha value is -1.45. The molecule has 0 aromatic heterocycles. The molecular formula is C21H30N2O3. The van der Waals surface area contributed by atoms with Gasteiger partial charge in [-0.25, -0.2) is 0 Å². The Bertz CT molecular complexity index is 614. The van der Waals surface area contributed by atoms with Crippen molar-refractivity contribution in [2.75, 3.05) is 32.8 Å². The van der Waals surface area contributed by atoms with E-state index in [1.54, 1.807) is 0 Å². The minimum atomic E-state index is -0.464. The number of nitriles is 1. The van der Waals surface area contributed by atoms with Crippen LogP contribution in [0.4, 0.5) is 0 Å². The van der Waals surface area contributed by atoms with E-state index in [2.05, 4.69) is 17.0 Å². The number of hydrogen-bond acceptors (Lipinski definition) is 5. The average Bonchev–Trinajstić information content (AvgIpc) is 2.69. The Morgan fingerprint density at radius 3 is 2.58 bits per heavy atom. The third kappa shape index (κ3) is 4.63. The lowest BCUT2D eigenvalue weighted by Gasteiger charge is -2.36. The summed E-state index contributed by atoms with van der Waals surface area (Å²) in [5.74, 6) is 0.479. The number of aliphatic hydroxyl groups excluding tert-OH is 2. The third-order valence-corrected chi connectivity index (χ3v) is 6.04. The zero-order valence-corrected chi connectivity index (χ0v) is 15.4. The Kier molecular flexibility index (Phi) is 6.66. The van der Waals surface area contributed by atoms with Crippen LogP contribution in [0.1, 0.15) is 49.1 Å². The van der Waals surface area contributed by atoms with Gasteiger partial charge in [-0.05, 0) is 62.2 Å². The second-order valence-electron chi connectivity index (χ2n) is 7.79. The molecule has 0 bridgehead atoms. The standard InChI is InChI=1S/C21H30N2O3/c22-16-21(7-11-26-12-8-21)13-19(25)14-23-9-5-17(6-10-23)20-4-2-1-3-18(20)15-24/h1-4,17,19,24-25H,5-15H2. The first-order valence-electron chi connectivity index (χ1n) is 9.74. The van der Waals surface area contributed by atoms with Crippen LogP contribution in [-0.2, 0) is 11.3 Å². The van der Waals surface area contributed by atoms with E-state index in [0.717, 1.165) is 44.3 Å². The summed E-state index contributed by atoms with van der Waals surface area (Å²) in [6.45, 7) is 3.87. The number of aliphatic hydroxyl groups is 2. The van der Waals surface area contributed by atoms with Gasteiger partial charge in [0.05, 0.1) is 24.2 Å². The van der Waals surface area contributed by atoms with E-state index in [9.17, 15) is 15.5 Å². The fourth-order valence-electron chi connectivity index (χ4n) is 4.44. The lowest BCUT2D eigenvalue weighted by Crippen LogP contribution is -2.41. The van der Waals surface area contributed by atoms with E-state index in [0.29, 0.717) is 32.1 Å². The molecule has 0 radical (unpaired) electrons. The number of hydrogen-bond donors (Lipinski definition) is 2. The molecule has 2 saturated heterocycles. The van der Waals surface area contributed by atoms with E-state index < -0.39 is 11.5 Å². The first-order chi connectivity index (χ1) is 12.7. The van der Waals surface area contributed by atoms with Crippen molar-refractivity contribution in [2.24, 2.45) is 5.41 Å². The summed E-state index contributed by atoms with van der Waals surface area (Å²) < 4.78 is 5.37. The minimum absolute atomic E-state index is 0.0923. The normalized spacial score (nSPS) is 22.7. The van der Waals surface area contributed by atoms with Crippen molar-refractivity contribution in [1.29, 1.82) is 5.26 Å². The first-order valence-corrected chi connectivity index (χ1v) is 9.74. The zero-order chi connectivity index (χ0) is 18.4. The summed E-state index contributed by atoms with van der Waals surface area (Å²) in [4.78, 5) is 2.31. The van der Waals surface area contributed by atoms with Crippen LogP contribution in [0.15, 0.2) is 24.3 Å². The van der Waals surface area contributed by atoms with Gasteiger partial charge in [-0.1, -0.05) is 24.3 Å². The van der Waals surface area contributed by atoms with Crippen LogP contribution < -0.4 is 0 Å². The molecule has 2 fully saturated rings. The molecule has 2 heterocycles. The van der Waals surface area contributed by atoms with Crippen molar-refractivity contribution in [1.82, 2.24) is 4.90 Å². The summed E-state index contributed by atoms with van der Waals surface area (Å²) in [5, 5.41) is 29.6. The number of β-amino-alcohol motifs (C(OH)–C–C–N with tert-alkyl or cyclic N) is 1. The topological polar surface area (TPSA) is 76.7 Å². The third-order valence-electron chi connectivity index (χ3n) is 6.04. The van der Waals surface area contributed by atoms with E-state index in [-0.39, 0.29) is 6.61 Å². The number of benzene rings is 1.